The van der Waals surface area contributed by atoms with Crippen LogP contribution in [0.1, 0.15) is 37.0 Å². The number of piperidine rings is 1. The van der Waals surface area contributed by atoms with Crippen LogP contribution in [0.25, 0.3) is 22.2 Å². The first-order valence-corrected chi connectivity index (χ1v) is 11.9. The van der Waals surface area contributed by atoms with Crippen molar-refractivity contribution in [2.24, 2.45) is 7.05 Å². The summed E-state index contributed by atoms with van der Waals surface area (Å²) >= 11 is 0. The lowest BCUT2D eigenvalue weighted by Gasteiger charge is -2.34. The molecule has 0 atom stereocenters. The number of carbonyl (C=O) groups is 1. The second-order valence-electron chi connectivity index (χ2n) is 9.15. The second-order valence-corrected chi connectivity index (χ2v) is 9.15. The van der Waals surface area contributed by atoms with Crippen LogP contribution < -0.4 is 10.1 Å². The molecule has 1 aliphatic heterocycles. The molecule has 180 valence electrons. The molecular weight excluding hydrogens is 442 g/mol. The first-order chi connectivity index (χ1) is 16.9. The van der Waals surface area contributed by atoms with E-state index in [1.54, 1.807) is 41.5 Å². The number of pyridine rings is 3. The van der Waals surface area contributed by atoms with Crippen LogP contribution >= 0.6 is 0 Å². The summed E-state index contributed by atoms with van der Waals surface area (Å²) in [5.74, 6) is 0.621. The number of fused-ring (bicyclic) bond motifs is 1. The number of amides is 1. The summed E-state index contributed by atoms with van der Waals surface area (Å²) in [6, 6.07) is 9.56. The van der Waals surface area contributed by atoms with Gasteiger partial charge >= 0.3 is 0 Å². The van der Waals surface area contributed by atoms with Crippen LogP contribution in [0.4, 0.5) is 5.82 Å². The van der Waals surface area contributed by atoms with Crippen LogP contribution in [0.2, 0.25) is 0 Å². The van der Waals surface area contributed by atoms with Gasteiger partial charge in [0.25, 0.3) is 5.91 Å². The molecular formula is C26H29N7O2. The van der Waals surface area contributed by atoms with E-state index in [1.807, 2.05) is 25.4 Å². The van der Waals surface area contributed by atoms with Crippen LogP contribution in [0, 0.1) is 0 Å². The molecule has 4 aromatic rings. The standard InChI is InChI=1S/C26H29N7O2/c1-17(2)33-10-7-21(8-11-33)35-25-12-18(6-9-27-25)26(34)31-24-13-23-19(14-28-24)4-5-22(30-23)20-15-29-32(3)16-20/h4-6,9,12-17,21H,7-8,10-11H2,1-3H3,(H,28,31,34). The Bertz CT molecular complexity index is 1340. The number of aryl methyl sites for hydroxylation is 1. The first-order valence-electron chi connectivity index (χ1n) is 11.9. The Morgan fingerprint density at radius 3 is 2.69 bits per heavy atom. The zero-order valence-corrected chi connectivity index (χ0v) is 20.2. The van der Waals surface area contributed by atoms with E-state index in [0.29, 0.717) is 23.3 Å². The van der Waals surface area contributed by atoms with Gasteiger partial charge in [-0.05, 0) is 44.9 Å². The summed E-state index contributed by atoms with van der Waals surface area (Å²) in [5.41, 5.74) is 2.94. The lowest BCUT2D eigenvalue weighted by Crippen LogP contribution is -2.41. The molecule has 4 aromatic heterocycles. The fraction of sp³-hybridized carbons (Fsp3) is 0.346. The number of carbonyl (C=O) groups excluding carboxylic acids is 1. The van der Waals surface area contributed by atoms with E-state index in [1.165, 1.54) is 0 Å². The second kappa shape index (κ2) is 9.79. The zero-order valence-electron chi connectivity index (χ0n) is 20.2. The van der Waals surface area contributed by atoms with Crippen molar-refractivity contribution in [1.82, 2.24) is 29.6 Å². The third-order valence-electron chi connectivity index (χ3n) is 6.31. The molecule has 0 aliphatic carbocycles. The Hall–Kier alpha value is -3.85. The maximum Gasteiger partial charge on any atom is 0.257 e. The average molecular weight is 472 g/mol. The molecule has 0 unspecified atom stereocenters. The molecule has 0 aromatic carbocycles. The Balaban J connectivity index is 1.27. The number of hydrogen-bond acceptors (Lipinski definition) is 7. The van der Waals surface area contributed by atoms with Crippen molar-refractivity contribution in [3.63, 3.8) is 0 Å². The van der Waals surface area contributed by atoms with Crippen molar-refractivity contribution >= 4 is 22.6 Å². The van der Waals surface area contributed by atoms with Gasteiger partial charge in [0.15, 0.2) is 0 Å². The molecule has 1 aliphatic rings. The Morgan fingerprint density at radius 1 is 1.11 bits per heavy atom. The predicted octanol–water partition coefficient (Wildman–Crippen LogP) is 3.93. The summed E-state index contributed by atoms with van der Waals surface area (Å²) in [4.78, 5) is 28.8. The molecule has 9 nitrogen and oxygen atoms in total. The van der Waals surface area contributed by atoms with Crippen molar-refractivity contribution in [2.45, 2.75) is 38.8 Å². The Kier molecular flexibility index (Phi) is 6.41. The van der Waals surface area contributed by atoms with Gasteiger partial charge in [-0.25, -0.2) is 15.0 Å². The smallest absolute Gasteiger partial charge is 0.257 e. The van der Waals surface area contributed by atoms with Gasteiger partial charge in [0.1, 0.15) is 11.9 Å². The molecule has 0 radical (unpaired) electrons. The number of aromatic nitrogens is 5. The highest BCUT2D eigenvalue weighted by molar-refractivity contribution is 6.04. The fourth-order valence-electron chi connectivity index (χ4n) is 4.28. The highest BCUT2D eigenvalue weighted by Crippen LogP contribution is 2.23. The van der Waals surface area contributed by atoms with E-state index in [-0.39, 0.29) is 12.0 Å². The maximum atomic E-state index is 12.9. The predicted molar refractivity (Wildman–Crippen MR) is 134 cm³/mol. The summed E-state index contributed by atoms with van der Waals surface area (Å²) in [5, 5.41) is 7.96. The molecule has 35 heavy (non-hydrogen) atoms. The Labute approximate surface area is 204 Å². The van der Waals surface area contributed by atoms with Crippen LogP contribution in [0.3, 0.4) is 0 Å². The molecule has 0 bridgehead atoms. The van der Waals surface area contributed by atoms with Gasteiger partial charge in [0.05, 0.1) is 17.4 Å². The molecule has 1 N–H and O–H groups in total. The minimum Gasteiger partial charge on any atom is -0.474 e. The topological polar surface area (TPSA) is 98.1 Å². The molecule has 9 heteroatoms. The Morgan fingerprint density at radius 2 is 1.94 bits per heavy atom. The van der Waals surface area contributed by atoms with Gasteiger partial charge in [-0.15, -0.1) is 0 Å². The van der Waals surface area contributed by atoms with Gasteiger partial charge in [0.2, 0.25) is 5.88 Å². The maximum absolute atomic E-state index is 12.9. The van der Waals surface area contributed by atoms with Crippen molar-refractivity contribution in [3.8, 4) is 17.1 Å². The quantitative estimate of drug-likeness (QED) is 0.455. The molecule has 1 fully saturated rings. The third kappa shape index (κ3) is 5.30. The lowest BCUT2D eigenvalue weighted by atomic mass is 10.1. The van der Waals surface area contributed by atoms with Gasteiger partial charge in [-0.2, -0.15) is 5.10 Å². The fourth-order valence-corrected chi connectivity index (χ4v) is 4.28. The molecule has 0 saturated carbocycles. The molecule has 0 spiro atoms. The third-order valence-corrected chi connectivity index (χ3v) is 6.31. The van der Waals surface area contributed by atoms with E-state index in [4.69, 9.17) is 9.72 Å². The van der Waals surface area contributed by atoms with Gasteiger partial charge in [0, 0.05) is 73.4 Å². The minimum absolute atomic E-state index is 0.109. The summed E-state index contributed by atoms with van der Waals surface area (Å²) in [6.45, 7) is 6.44. The van der Waals surface area contributed by atoms with E-state index >= 15 is 0 Å². The van der Waals surface area contributed by atoms with Crippen molar-refractivity contribution < 1.29 is 9.53 Å². The van der Waals surface area contributed by atoms with E-state index in [2.05, 4.69) is 39.1 Å². The number of anilines is 1. The molecule has 5 heterocycles. The minimum atomic E-state index is -0.276. The monoisotopic (exact) mass is 471 g/mol. The summed E-state index contributed by atoms with van der Waals surface area (Å²) < 4.78 is 7.83. The number of likely N-dealkylation sites (tertiary alicyclic amines) is 1. The van der Waals surface area contributed by atoms with Crippen molar-refractivity contribution in [2.75, 3.05) is 18.4 Å². The molecule has 1 saturated heterocycles. The first kappa shape index (κ1) is 22.9. The van der Waals surface area contributed by atoms with Crippen LogP contribution in [0.5, 0.6) is 5.88 Å². The largest absolute Gasteiger partial charge is 0.474 e. The zero-order chi connectivity index (χ0) is 24.4. The number of ether oxygens (including phenoxy) is 1. The van der Waals surface area contributed by atoms with Crippen molar-refractivity contribution in [3.05, 3.63) is 60.7 Å². The van der Waals surface area contributed by atoms with E-state index in [9.17, 15) is 4.79 Å². The van der Waals surface area contributed by atoms with Crippen LogP contribution in [-0.4, -0.2) is 60.8 Å². The lowest BCUT2D eigenvalue weighted by molar-refractivity contribution is 0.0810. The summed E-state index contributed by atoms with van der Waals surface area (Å²) in [6.07, 6.45) is 9.00. The van der Waals surface area contributed by atoms with Gasteiger partial charge < -0.3 is 15.0 Å². The van der Waals surface area contributed by atoms with Gasteiger partial charge in [-0.3, -0.25) is 9.48 Å². The SMILES string of the molecule is CC(C)N1CCC(Oc2cc(C(=O)Nc3cc4nc(-c5cnn(C)c5)ccc4cn3)ccn2)CC1. The van der Waals surface area contributed by atoms with E-state index < -0.39 is 0 Å². The molecule has 1 amide bonds. The van der Waals surface area contributed by atoms with E-state index in [0.717, 1.165) is 48.1 Å². The van der Waals surface area contributed by atoms with Crippen LogP contribution in [-0.2, 0) is 7.05 Å². The number of rotatable bonds is 6. The highest BCUT2D eigenvalue weighted by Gasteiger charge is 2.22. The number of nitrogens with one attached hydrogen (secondary N) is 1. The highest BCUT2D eigenvalue weighted by atomic mass is 16.5. The van der Waals surface area contributed by atoms with Crippen molar-refractivity contribution in [1.29, 1.82) is 0 Å². The van der Waals surface area contributed by atoms with Gasteiger partial charge in [-0.1, -0.05) is 0 Å². The summed E-state index contributed by atoms with van der Waals surface area (Å²) in [7, 11) is 1.87. The average Bonchev–Trinajstić information content (AvgIpc) is 3.30. The van der Waals surface area contributed by atoms with Crippen LogP contribution in [0.15, 0.2) is 55.1 Å². The normalized spacial score (nSPS) is 15.0. The number of hydrogen-bond donors (Lipinski definition) is 1. The number of nitrogens with zero attached hydrogens (tertiary/aromatic N) is 6. The molecule has 5 rings (SSSR count).